The number of amides is 1. The maximum Gasteiger partial charge on any atom is 0.273 e. The average Bonchev–Trinajstić information content (AvgIpc) is 2.95. The van der Waals surface area contributed by atoms with Crippen molar-refractivity contribution in [3.05, 3.63) is 52.0 Å². The van der Waals surface area contributed by atoms with Gasteiger partial charge in [-0.2, -0.15) is 0 Å². The van der Waals surface area contributed by atoms with E-state index in [4.69, 9.17) is 5.73 Å². The normalized spacial score (nSPS) is 10.5. The lowest BCUT2D eigenvalue weighted by atomic mass is 9.93. The van der Waals surface area contributed by atoms with E-state index in [0.717, 1.165) is 11.4 Å². The molecule has 0 bridgehead atoms. The predicted octanol–water partition coefficient (Wildman–Crippen LogP) is 3.63. The van der Waals surface area contributed by atoms with E-state index in [0.29, 0.717) is 18.8 Å². The Labute approximate surface area is 160 Å². The minimum Gasteiger partial charge on any atom is -0.340 e. The van der Waals surface area contributed by atoms with Crippen LogP contribution in [-0.2, 0) is 6.42 Å². The molecule has 2 N–H and O–H groups in total. The Balaban J connectivity index is 0.00000264. The first-order valence-electron chi connectivity index (χ1n) is 7.35. The predicted molar refractivity (Wildman–Crippen MR) is 106 cm³/mol. The number of benzene rings is 1. The molecule has 1 amide bonds. The zero-order valence-electron chi connectivity index (χ0n) is 14.2. The van der Waals surface area contributed by atoms with Gasteiger partial charge in [-0.15, -0.1) is 36.2 Å². The molecule has 0 spiro atoms. The van der Waals surface area contributed by atoms with Gasteiger partial charge in [0.05, 0.1) is 5.01 Å². The van der Waals surface area contributed by atoms with Crippen LogP contribution in [-0.4, -0.2) is 35.9 Å². The van der Waals surface area contributed by atoms with Gasteiger partial charge in [-0.25, -0.2) is 4.98 Å². The van der Waals surface area contributed by atoms with Gasteiger partial charge in [0, 0.05) is 25.4 Å². The van der Waals surface area contributed by atoms with Crippen LogP contribution >= 0.6 is 36.2 Å². The molecule has 2 rings (SSSR count). The van der Waals surface area contributed by atoms with E-state index < -0.39 is 0 Å². The minimum atomic E-state index is -0.0900. The number of thiazole rings is 1. The van der Waals surface area contributed by atoms with Crippen LogP contribution in [0.2, 0.25) is 0 Å². The van der Waals surface area contributed by atoms with Crippen LogP contribution in [0.1, 0.15) is 34.9 Å². The first kappa shape index (κ1) is 22.9. The quantitative estimate of drug-likeness (QED) is 0.819. The molecule has 1 aromatic heterocycles. The number of aromatic nitrogens is 1. The average molecular weight is 390 g/mol. The molecule has 2 aromatic rings. The summed E-state index contributed by atoms with van der Waals surface area (Å²) in [5, 5.41) is 2.80. The van der Waals surface area contributed by atoms with E-state index in [1.54, 1.807) is 11.9 Å². The second-order valence-electron chi connectivity index (χ2n) is 6.32. The molecule has 1 aromatic carbocycles. The Morgan fingerprint density at radius 2 is 1.88 bits per heavy atom. The fourth-order valence-corrected chi connectivity index (χ4v) is 3.04. The first-order valence-corrected chi connectivity index (χ1v) is 8.23. The molecule has 7 heteroatoms. The molecule has 0 fully saturated rings. The van der Waals surface area contributed by atoms with Gasteiger partial charge in [0.15, 0.2) is 0 Å². The molecule has 0 aliphatic rings. The summed E-state index contributed by atoms with van der Waals surface area (Å²) in [6, 6.07) is 10.2. The van der Waals surface area contributed by atoms with Crippen molar-refractivity contribution in [2.75, 3.05) is 20.1 Å². The van der Waals surface area contributed by atoms with Crippen LogP contribution < -0.4 is 5.73 Å². The monoisotopic (exact) mass is 389 g/mol. The third-order valence-corrected chi connectivity index (χ3v) is 4.38. The van der Waals surface area contributed by atoms with Gasteiger partial charge in [-0.05, 0) is 17.5 Å². The molecular formula is C17H25Cl2N3OS. The number of rotatable bonds is 6. The van der Waals surface area contributed by atoms with Gasteiger partial charge >= 0.3 is 0 Å². The van der Waals surface area contributed by atoms with Crippen molar-refractivity contribution in [2.24, 2.45) is 11.1 Å². The molecule has 134 valence electrons. The summed E-state index contributed by atoms with van der Waals surface area (Å²) in [5.41, 5.74) is 7.36. The Morgan fingerprint density at radius 1 is 1.25 bits per heavy atom. The molecule has 0 aliphatic carbocycles. The highest BCUT2D eigenvalue weighted by atomic mass is 35.5. The van der Waals surface area contributed by atoms with Crippen molar-refractivity contribution in [3.63, 3.8) is 0 Å². The second kappa shape index (κ2) is 9.99. The Hall–Kier alpha value is -1.14. The summed E-state index contributed by atoms with van der Waals surface area (Å²) in [6.45, 7) is 5.27. The second-order valence-corrected chi connectivity index (χ2v) is 7.26. The lowest BCUT2D eigenvalue weighted by molar-refractivity contribution is 0.0735. The molecule has 1 heterocycles. The summed E-state index contributed by atoms with van der Waals surface area (Å²) in [4.78, 5) is 18.6. The lowest BCUT2D eigenvalue weighted by Gasteiger charge is -2.28. The van der Waals surface area contributed by atoms with Crippen molar-refractivity contribution in [1.29, 1.82) is 0 Å². The van der Waals surface area contributed by atoms with Crippen LogP contribution in [0, 0.1) is 5.41 Å². The fraction of sp³-hybridized carbons (Fsp3) is 0.412. The first-order chi connectivity index (χ1) is 10.4. The maximum absolute atomic E-state index is 12.4. The summed E-state index contributed by atoms with van der Waals surface area (Å²) >= 11 is 1.53. The highest BCUT2D eigenvalue weighted by Gasteiger charge is 2.23. The van der Waals surface area contributed by atoms with Gasteiger partial charge in [-0.3, -0.25) is 4.79 Å². The maximum atomic E-state index is 12.4. The number of halogens is 2. The highest BCUT2D eigenvalue weighted by molar-refractivity contribution is 7.09. The number of nitrogens with zero attached hydrogens (tertiary/aromatic N) is 2. The summed E-state index contributed by atoms with van der Waals surface area (Å²) in [6.07, 6.45) is 0.761. The van der Waals surface area contributed by atoms with E-state index in [2.05, 4.69) is 31.0 Å². The van der Waals surface area contributed by atoms with Gasteiger partial charge in [0.1, 0.15) is 5.69 Å². The molecule has 0 atom stereocenters. The summed E-state index contributed by atoms with van der Waals surface area (Å²) in [5.74, 6) is -0.0444. The molecular weight excluding hydrogens is 365 g/mol. The molecule has 0 saturated heterocycles. The molecule has 0 saturated carbocycles. The van der Waals surface area contributed by atoms with Gasteiger partial charge in [0.2, 0.25) is 0 Å². The molecule has 4 nitrogen and oxygen atoms in total. The Bertz CT molecular complexity index is 632. The SMILES string of the molecule is CN(CC(C)(C)CN)C(=O)c1csc(Cc2ccccc2)n1.Cl.Cl. The minimum absolute atomic E-state index is 0. The van der Waals surface area contributed by atoms with Crippen molar-refractivity contribution >= 4 is 42.1 Å². The van der Waals surface area contributed by atoms with E-state index >= 15 is 0 Å². The van der Waals surface area contributed by atoms with Gasteiger partial charge in [-0.1, -0.05) is 44.2 Å². The fourth-order valence-electron chi connectivity index (χ4n) is 2.23. The standard InChI is InChI=1S/C17H23N3OS.2ClH/c1-17(2,11-18)12-20(3)16(21)14-10-22-15(19-14)9-13-7-5-4-6-8-13;;/h4-8,10H,9,11-12,18H2,1-3H3;2*1H. The number of hydrogen-bond donors (Lipinski definition) is 1. The molecule has 0 unspecified atom stereocenters. The third-order valence-electron chi connectivity index (χ3n) is 3.53. The Morgan fingerprint density at radius 3 is 2.46 bits per heavy atom. The van der Waals surface area contributed by atoms with E-state index in [9.17, 15) is 4.79 Å². The van der Waals surface area contributed by atoms with Crippen LogP contribution in [0.5, 0.6) is 0 Å². The van der Waals surface area contributed by atoms with Crippen LogP contribution in [0.25, 0.3) is 0 Å². The highest BCUT2D eigenvalue weighted by Crippen LogP contribution is 2.18. The van der Waals surface area contributed by atoms with E-state index in [1.165, 1.54) is 16.9 Å². The zero-order chi connectivity index (χ0) is 16.2. The van der Waals surface area contributed by atoms with Crippen molar-refractivity contribution in [3.8, 4) is 0 Å². The number of hydrogen-bond acceptors (Lipinski definition) is 4. The largest absolute Gasteiger partial charge is 0.340 e. The Kier molecular flexibility index (Phi) is 9.51. The van der Waals surface area contributed by atoms with Crippen molar-refractivity contribution < 1.29 is 4.79 Å². The third kappa shape index (κ3) is 6.40. The van der Waals surface area contributed by atoms with Crippen molar-refractivity contribution in [1.82, 2.24) is 9.88 Å². The topological polar surface area (TPSA) is 59.2 Å². The van der Waals surface area contributed by atoms with E-state index in [-0.39, 0.29) is 36.1 Å². The summed E-state index contributed by atoms with van der Waals surface area (Å²) < 4.78 is 0. The molecule has 0 radical (unpaired) electrons. The van der Waals surface area contributed by atoms with Gasteiger partial charge < -0.3 is 10.6 Å². The number of carbonyl (C=O) groups is 1. The lowest BCUT2D eigenvalue weighted by Crippen LogP contribution is -2.39. The zero-order valence-corrected chi connectivity index (χ0v) is 16.6. The smallest absolute Gasteiger partial charge is 0.273 e. The van der Waals surface area contributed by atoms with Crippen LogP contribution in [0.4, 0.5) is 0 Å². The van der Waals surface area contributed by atoms with E-state index in [1.807, 2.05) is 23.6 Å². The molecule has 0 aliphatic heterocycles. The van der Waals surface area contributed by atoms with Crippen molar-refractivity contribution in [2.45, 2.75) is 20.3 Å². The van der Waals surface area contributed by atoms with Gasteiger partial charge in [0.25, 0.3) is 5.91 Å². The van der Waals surface area contributed by atoms with Crippen LogP contribution in [0.3, 0.4) is 0 Å². The number of carbonyl (C=O) groups excluding carboxylic acids is 1. The number of nitrogens with two attached hydrogens (primary N) is 1. The summed E-state index contributed by atoms with van der Waals surface area (Å²) in [7, 11) is 1.80. The molecule has 24 heavy (non-hydrogen) atoms. The van der Waals surface area contributed by atoms with Crippen LogP contribution in [0.15, 0.2) is 35.7 Å².